The Bertz CT molecular complexity index is 454. The zero-order valence-corrected chi connectivity index (χ0v) is 13.4. The number of hydrogen-bond donors (Lipinski definition) is 1. The van der Waals surface area contributed by atoms with Crippen LogP contribution in [0.25, 0.3) is 0 Å². The van der Waals surface area contributed by atoms with Gasteiger partial charge in [0.2, 0.25) is 0 Å². The van der Waals surface area contributed by atoms with Crippen molar-refractivity contribution >= 4 is 5.69 Å². The number of benzene rings is 1. The lowest BCUT2D eigenvalue weighted by atomic mass is 9.94. The molecule has 1 aliphatic rings. The van der Waals surface area contributed by atoms with Crippen LogP contribution in [-0.4, -0.2) is 25.2 Å². The summed E-state index contributed by atoms with van der Waals surface area (Å²) in [5.41, 5.74) is 0.654. The number of rotatable bonds is 4. The van der Waals surface area contributed by atoms with Crippen molar-refractivity contribution < 1.29 is 8.78 Å². The second-order valence-electron chi connectivity index (χ2n) is 6.83. The fourth-order valence-electron chi connectivity index (χ4n) is 3.16. The molecule has 118 valence electrons. The lowest BCUT2D eigenvalue weighted by molar-refractivity contribution is 0.310. The molecule has 0 bridgehead atoms. The highest BCUT2D eigenvalue weighted by Gasteiger charge is 2.30. The van der Waals surface area contributed by atoms with Crippen molar-refractivity contribution in [3.63, 3.8) is 0 Å². The van der Waals surface area contributed by atoms with E-state index in [2.05, 4.69) is 37.9 Å². The second-order valence-corrected chi connectivity index (χ2v) is 6.83. The molecule has 0 spiro atoms. The average molecular weight is 296 g/mol. The molecule has 1 N–H and O–H groups in total. The Kier molecular flexibility index (Phi) is 5.20. The highest BCUT2D eigenvalue weighted by molar-refractivity contribution is 5.49. The maximum atomic E-state index is 13.5. The Balaban J connectivity index is 2.24. The third kappa shape index (κ3) is 4.16. The van der Waals surface area contributed by atoms with E-state index < -0.39 is 11.6 Å². The summed E-state index contributed by atoms with van der Waals surface area (Å²) in [5, 5.41) is 3.58. The van der Waals surface area contributed by atoms with Gasteiger partial charge in [-0.05, 0) is 30.4 Å². The van der Waals surface area contributed by atoms with Gasteiger partial charge < -0.3 is 10.2 Å². The Morgan fingerprint density at radius 3 is 2.29 bits per heavy atom. The molecule has 2 unspecified atom stereocenters. The molecule has 2 nitrogen and oxygen atoms in total. The van der Waals surface area contributed by atoms with Gasteiger partial charge in [-0.25, -0.2) is 8.78 Å². The first kappa shape index (κ1) is 16.2. The number of hydrogen-bond acceptors (Lipinski definition) is 2. The minimum atomic E-state index is -0.508. The standard InChI is InChI=1S/C17H26F2N2/c1-11(2)5-15-10-21(17(9-20-15)12(3)4)16-7-13(18)6-14(19)8-16/h6-8,11-12,15,17,20H,5,9-10H2,1-4H3. The van der Waals surface area contributed by atoms with E-state index in [1.165, 1.54) is 12.1 Å². The van der Waals surface area contributed by atoms with Gasteiger partial charge in [0.1, 0.15) is 11.6 Å². The maximum Gasteiger partial charge on any atom is 0.128 e. The van der Waals surface area contributed by atoms with Gasteiger partial charge in [0.25, 0.3) is 0 Å². The van der Waals surface area contributed by atoms with Gasteiger partial charge in [-0.2, -0.15) is 0 Å². The van der Waals surface area contributed by atoms with Crippen molar-refractivity contribution in [1.82, 2.24) is 5.32 Å². The van der Waals surface area contributed by atoms with E-state index in [1.807, 2.05) is 0 Å². The Hall–Kier alpha value is -1.16. The third-order valence-electron chi connectivity index (χ3n) is 4.14. The molecule has 1 saturated heterocycles. The van der Waals surface area contributed by atoms with E-state index in [4.69, 9.17) is 0 Å². The van der Waals surface area contributed by atoms with Crippen molar-refractivity contribution in [1.29, 1.82) is 0 Å². The van der Waals surface area contributed by atoms with Gasteiger partial charge in [0, 0.05) is 36.9 Å². The predicted molar refractivity (Wildman–Crippen MR) is 83.6 cm³/mol. The van der Waals surface area contributed by atoms with Gasteiger partial charge >= 0.3 is 0 Å². The second kappa shape index (κ2) is 6.73. The van der Waals surface area contributed by atoms with Crippen LogP contribution in [0.4, 0.5) is 14.5 Å². The van der Waals surface area contributed by atoms with Gasteiger partial charge in [0.05, 0.1) is 0 Å². The molecular weight excluding hydrogens is 270 g/mol. The van der Waals surface area contributed by atoms with Crippen LogP contribution < -0.4 is 10.2 Å². The normalized spacial score (nSPS) is 23.1. The molecule has 0 aromatic heterocycles. The highest BCUT2D eigenvalue weighted by atomic mass is 19.1. The van der Waals surface area contributed by atoms with E-state index in [-0.39, 0.29) is 6.04 Å². The van der Waals surface area contributed by atoms with Crippen molar-refractivity contribution in [2.75, 3.05) is 18.0 Å². The molecule has 0 saturated carbocycles. The van der Waals surface area contributed by atoms with Crippen LogP contribution in [0.5, 0.6) is 0 Å². The Morgan fingerprint density at radius 2 is 1.76 bits per heavy atom. The molecule has 1 fully saturated rings. The maximum absolute atomic E-state index is 13.5. The molecule has 0 radical (unpaired) electrons. The number of nitrogens with zero attached hydrogens (tertiary/aromatic N) is 1. The summed E-state index contributed by atoms with van der Waals surface area (Å²) in [4.78, 5) is 2.17. The largest absolute Gasteiger partial charge is 0.365 e. The van der Waals surface area contributed by atoms with Crippen molar-refractivity contribution in [3.8, 4) is 0 Å². The summed E-state index contributed by atoms with van der Waals surface area (Å²) in [6.45, 7) is 10.3. The lowest BCUT2D eigenvalue weighted by Crippen LogP contribution is -2.58. The van der Waals surface area contributed by atoms with Crippen molar-refractivity contribution in [2.24, 2.45) is 11.8 Å². The molecule has 1 aliphatic heterocycles. The summed E-state index contributed by atoms with van der Waals surface area (Å²) in [6, 6.07) is 4.44. The summed E-state index contributed by atoms with van der Waals surface area (Å²) in [5.74, 6) is 0.00548. The summed E-state index contributed by atoms with van der Waals surface area (Å²) < 4.78 is 27.1. The van der Waals surface area contributed by atoms with Crippen molar-refractivity contribution in [3.05, 3.63) is 29.8 Å². The molecule has 2 rings (SSSR count). The molecule has 0 amide bonds. The van der Waals surface area contributed by atoms with Crippen LogP contribution in [0.2, 0.25) is 0 Å². The quantitative estimate of drug-likeness (QED) is 0.909. The summed E-state index contributed by atoms with van der Waals surface area (Å²) >= 11 is 0. The van der Waals surface area contributed by atoms with E-state index in [0.29, 0.717) is 23.6 Å². The number of anilines is 1. The van der Waals surface area contributed by atoms with E-state index in [9.17, 15) is 8.78 Å². The number of halogens is 2. The van der Waals surface area contributed by atoms with Crippen LogP contribution in [0.15, 0.2) is 18.2 Å². The van der Waals surface area contributed by atoms with Gasteiger partial charge in [0.15, 0.2) is 0 Å². The summed E-state index contributed by atoms with van der Waals surface area (Å²) in [6.07, 6.45) is 1.07. The fourth-order valence-corrected chi connectivity index (χ4v) is 3.16. The van der Waals surface area contributed by atoms with Crippen LogP contribution in [0.1, 0.15) is 34.1 Å². The molecule has 21 heavy (non-hydrogen) atoms. The molecule has 4 heteroatoms. The van der Waals surface area contributed by atoms with Crippen LogP contribution in [0.3, 0.4) is 0 Å². The highest BCUT2D eigenvalue weighted by Crippen LogP contribution is 2.26. The van der Waals surface area contributed by atoms with Crippen molar-refractivity contribution in [2.45, 2.75) is 46.2 Å². The van der Waals surface area contributed by atoms with Gasteiger partial charge in [-0.15, -0.1) is 0 Å². The molecule has 2 atom stereocenters. The Morgan fingerprint density at radius 1 is 1.14 bits per heavy atom. The molecule has 0 aliphatic carbocycles. The lowest BCUT2D eigenvalue weighted by Gasteiger charge is -2.44. The van der Waals surface area contributed by atoms with Gasteiger partial charge in [-0.3, -0.25) is 0 Å². The molecule has 1 heterocycles. The zero-order valence-electron chi connectivity index (χ0n) is 13.4. The topological polar surface area (TPSA) is 15.3 Å². The minimum Gasteiger partial charge on any atom is -0.365 e. The zero-order chi connectivity index (χ0) is 15.6. The number of piperazine rings is 1. The first-order valence-corrected chi connectivity index (χ1v) is 7.83. The SMILES string of the molecule is CC(C)CC1CN(c2cc(F)cc(F)c2)C(C(C)C)CN1. The predicted octanol–water partition coefficient (Wildman–Crippen LogP) is 3.81. The van der Waals surface area contributed by atoms with Crippen LogP contribution in [0, 0.1) is 23.5 Å². The first-order valence-electron chi connectivity index (χ1n) is 7.83. The molecule has 1 aromatic carbocycles. The van der Waals surface area contributed by atoms with Crippen LogP contribution >= 0.6 is 0 Å². The van der Waals surface area contributed by atoms with E-state index >= 15 is 0 Å². The van der Waals surface area contributed by atoms with Gasteiger partial charge in [-0.1, -0.05) is 27.7 Å². The average Bonchev–Trinajstić information content (AvgIpc) is 2.36. The Labute approximate surface area is 126 Å². The summed E-state index contributed by atoms with van der Waals surface area (Å²) in [7, 11) is 0. The van der Waals surface area contributed by atoms with Crippen LogP contribution in [-0.2, 0) is 0 Å². The third-order valence-corrected chi connectivity index (χ3v) is 4.14. The first-order chi connectivity index (χ1) is 9.86. The van der Waals surface area contributed by atoms with E-state index in [0.717, 1.165) is 25.6 Å². The fraction of sp³-hybridized carbons (Fsp3) is 0.647. The molecular formula is C17H26F2N2. The van der Waals surface area contributed by atoms with E-state index in [1.54, 1.807) is 0 Å². The monoisotopic (exact) mass is 296 g/mol. The minimum absolute atomic E-state index is 0.259. The number of nitrogens with one attached hydrogen (secondary N) is 1. The smallest absolute Gasteiger partial charge is 0.128 e. The molecule has 1 aromatic rings.